The summed E-state index contributed by atoms with van der Waals surface area (Å²) in [5, 5.41) is 0. The van der Waals surface area contributed by atoms with Crippen molar-refractivity contribution < 1.29 is 9.53 Å². The van der Waals surface area contributed by atoms with Gasteiger partial charge in [0, 0.05) is 11.8 Å². The average molecular weight is 187 g/mol. The molecule has 0 spiro atoms. The molecule has 0 N–H and O–H groups in total. The number of carbonyl (C=O) groups excluding carboxylic acids is 1. The summed E-state index contributed by atoms with van der Waals surface area (Å²) in [5.41, 5.74) is 2.32. The molecule has 3 heteroatoms. The van der Waals surface area contributed by atoms with E-state index in [4.69, 9.17) is 4.74 Å². The normalized spacial score (nSPS) is 16.9. The first-order chi connectivity index (χ1) is 6.83. The van der Waals surface area contributed by atoms with Crippen LogP contribution < -0.4 is 0 Å². The number of methoxy groups -OCH3 is 1. The Labute approximate surface area is 81.7 Å². The Morgan fingerprint density at radius 1 is 1.36 bits per heavy atom. The number of benzene rings is 1. The predicted octanol–water partition coefficient (Wildman–Crippen LogP) is 1.63. The number of fused-ring (bicyclic) bond motifs is 1. The van der Waals surface area contributed by atoms with Crippen molar-refractivity contribution in [2.45, 2.75) is 0 Å². The Hall–Kier alpha value is -1.90. The standard InChI is InChI=1S/C11H9NO2/c1-14-7-10-9-5-3-2-4-8(9)6-12-11(10)13/h2-7H,1H3. The number of nitrogens with zero attached hydrogens (tertiary/aromatic N) is 1. The second-order valence-corrected chi connectivity index (χ2v) is 2.92. The topological polar surface area (TPSA) is 38.7 Å². The minimum atomic E-state index is -0.259. The summed E-state index contributed by atoms with van der Waals surface area (Å²) in [4.78, 5) is 15.2. The molecule has 0 saturated heterocycles. The lowest BCUT2D eigenvalue weighted by atomic mass is 9.99. The molecule has 3 nitrogen and oxygen atoms in total. The quantitative estimate of drug-likeness (QED) is 0.495. The Bertz CT molecular complexity index is 433. The van der Waals surface area contributed by atoms with Crippen LogP contribution in [0, 0.1) is 0 Å². The van der Waals surface area contributed by atoms with Crippen LogP contribution >= 0.6 is 0 Å². The number of amides is 1. The SMILES string of the molecule is COC=C1C(=O)N=Cc2ccccc21. The summed E-state index contributed by atoms with van der Waals surface area (Å²) in [5.74, 6) is -0.259. The fourth-order valence-corrected chi connectivity index (χ4v) is 1.40. The highest BCUT2D eigenvalue weighted by Gasteiger charge is 2.17. The third kappa shape index (κ3) is 1.33. The van der Waals surface area contributed by atoms with E-state index in [0.717, 1.165) is 11.1 Å². The van der Waals surface area contributed by atoms with Crippen molar-refractivity contribution in [2.24, 2.45) is 4.99 Å². The highest BCUT2D eigenvalue weighted by molar-refractivity contribution is 6.26. The molecule has 1 aliphatic heterocycles. The van der Waals surface area contributed by atoms with E-state index in [1.165, 1.54) is 13.4 Å². The first kappa shape index (κ1) is 8.69. The number of hydrogen-bond donors (Lipinski definition) is 0. The number of hydrogen-bond acceptors (Lipinski definition) is 2. The minimum Gasteiger partial charge on any atom is -0.504 e. The summed E-state index contributed by atoms with van der Waals surface area (Å²) in [6, 6.07) is 7.58. The molecule has 1 aromatic carbocycles. The molecule has 0 unspecified atom stereocenters. The van der Waals surface area contributed by atoms with Crippen LogP contribution in [0.15, 0.2) is 35.5 Å². The molecule has 0 atom stereocenters. The molecule has 70 valence electrons. The Balaban J connectivity index is 2.59. The summed E-state index contributed by atoms with van der Waals surface area (Å²) in [7, 11) is 1.52. The largest absolute Gasteiger partial charge is 0.504 e. The van der Waals surface area contributed by atoms with Gasteiger partial charge in [-0.2, -0.15) is 0 Å². The summed E-state index contributed by atoms with van der Waals surface area (Å²) in [6.45, 7) is 0. The van der Waals surface area contributed by atoms with Crippen LogP contribution in [-0.4, -0.2) is 19.2 Å². The molecule has 14 heavy (non-hydrogen) atoms. The maximum atomic E-state index is 11.4. The Kier molecular flexibility index (Phi) is 2.14. The van der Waals surface area contributed by atoms with Gasteiger partial charge in [-0.05, 0) is 5.56 Å². The van der Waals surface area contributed by atoms with Gasteiger partial charge in [0.25, 0.3) is 5.91 Å². The van der Waals surface area contributed by atoms with Gasteiger partial charge < -0.3 is 4.74 Å². The number of ether oxygens (including phenoxy) is 1. The summed E-state index contributed by atoms with van der Waals surface area (Å²) < 4.78 is 4.85. The summed E-state index contributed by atoms with van der Waals surface area (Å²) in [6.07, 6.45) is 3.00. The van der Waals surface area contributed by atoms with Crippen molar-refractivity contribution in [1.29, 1.82) is 0 Å². The summed E-state index contributed by atoms with van der Waals surface area (Å²) >= 11 is 0. The van der Waals surface area contributed by atoms with Crippen molar-refractivity contribution in [3.8, 4) is 0 Å². The van der Waals surface area contributed by atoms with Crippen LogP contribution in [-0.2, 0) is 9.53 Å². The minimum absolute atomic E-state index is 0.259. The van der Waals surface area contributed by atoms with Crippen molar-refractivity contribution in [1.82, 2.24) is 0 Å². The maximum absolute atomic E-state index is 11.4. The Morgan fingerprint density at radius 3 is 2.93 bits per heavy atom. The zero-order valence-corrected chi connectivity index (χ0v) is 7.73. The van der Waals surface area contributed by atoms with Crippen molar-refractivity contribution in [3.05, 3.63) is 41.7 Å². The third-order valence-electron chi connectivity index (χ3n) is 2.04. The zero-order valence-electron chi connectivity index (χ0n) is 7.73. The predicted molar refractivity (Wildman–Crippen MR) is 54.0 cm³/mol. The molecular weight excluding hydrogens is 178 g/mol. The number of aliphatic imine (C=N–C) groups is 1. The molecule has 1 aromatic rings. The van der Waals surface area contributed by atoms with Crippen molar-refractivity contribution in [3.63, 3.8) is 0 Å². The highest BCUT2D eigenvalue weighted by atomic mass is 16.5. The molecule has 0 aliphatic carbocycles. The molecule has 2 rings (SSSR count). The highest BCUT2D eigenvalue weighted by Crippen LogP contribution is 2.22. The molecule has 0 bridgehead atoms. The molecule has 0 aromatic heterocycles. The van der Waals surface area contributed by atoms with Gasteiger partial charge >= 0.3 is 0 Å². The lowest BCUT2D eigenvalue weighted by molar-refractivity contribution is -0.112. The molecule has 1 amide bonds. The number of carbonyl (C=O) groups is 1. The monoisotopic (exact) mass is 187 g/mol. The maximum Gasteiger partial charge on any atom is 0.280 e. The van der Waals surface area contributed by atoms with Gasteiger partial charge in [-0.3, -0.25) is 4.79 Å². The zero-order chi connectivity index (χ0) is 9.97. The van der Waals surface area contributed by atoms with Crippen molar-refractivity contribution in [2.75, 3.05) is 7.11 Å². The van der Waals surface area contributed by atoms with Gasteiger partial charge in [0.05, 0.1) is 18.9 Å². The third-order valence-corrected chi connectivity index (χ3v) is 2.04. The van der Waals surface area contributed by atoms with Crippen molar-refractivity contribution >= 4 is 17.7 Å². The fourth-order valence-electron chi connectivity index (χ4n) is 1.40. The first-order valence-corrected chi connectivity index (χ1v) is 4.23. The van der Waals surface area contributed by atoms with Crippen LogP contribution in [0.1, 0.15) is 11.1 Å². The van der Waals surface area contributed by atoms with E-state index < -0.39 is 0 Å². The first-order valence-electron chi connectivity index (χ1n) is 4.23. The van der Waals surface area contributed by atoms with E-state index in [9.17, 15) is 4.79 Å². The van der Waals surface area contributed by atoms with Gasteiger partial charge in [-0.15, -0.1) is 0 Å². The molecule has 0 saturated carbocycles. The Morgan fingerprint density at radius 2 is 2.14 bits per heavy atom. The molecule has 0 radical (unpaired) electrons. The van der Waals surface area contributed by atoms with E-state index in [1.54, 1.807) is 6.21 Å². The van der Waals surface area contributed by atoms with Gasteiger partial charge in [-0.1, -0.05) is 24.3 Å². The van der Waals surface area contributed by atoms with E-state index in [0.29, 0.717) is 5.57 Å². The second kappa shape index (κ2) is 3.46. The van der Waals surface area contributed by atoms with Crippen LogP contribution in [0.5, 0.6) is 0 Å². The van der Waals surface area contributed by atoms with Gasteiger partial charge in [0.15, 0.2) is 0 Å². The molecule has 0 fully saturated rings. The van der Waals surface area contributed by atoms with E-state index >= 15 is 0 Å². The van der Waals surface area contributed by atoms with E-state index in [2.05, 4.69) is 4.99 Å². The van der Waals surface area contributed by atoms with Gasteiger partial charge in [-0.25, -0.2) is 4.99 Å². The lowest BCUT2D eigenvalue weighted by Crippen LogP contribution is -2.08. The van der Waals surface area contributed by atoms with E-state index in [-0.39, 0.29) is 5.91 Å². The van der Waals surface area contributed by atoms with Crippen LogP contribution in [0.25, 0.3) is 5.57 Å². The van der Waals surface area contributed by atoms with Crippen LogP contribution in [0.2, 0.25) is 0 Å². The molecule has 1 heterocycles. The molecular formula is C11H9NO2. The van der Waals surface area contributed by atoms with Crippen LogP contribution in [0.4, 0.5) is 0 Å². The molecule has 1 aliphatic rings. The smallest absolute Gasteiger partial charge is 0.280 e. The fraction of sp³-hybridized carbons (Fsp3) is 0.0909. The van der Waals surface area contributed by atoms with Gasteiger partial charge in [0.1, 0.15) is 0 Å². The van der Waals surface area contributed by atoms with E-state index in [1.807, 2.05) is 24.3 Å². The average Bonchev–Trinajstić information content (AvgIpc) is 2.23. The van der Waals surface area contributed by atoms with Gasteiger partial charge in [0.2, 0.25) is 0 Å². The lowest BCUT2D eigenvalue weighted by Gasteiger charge is -2.10. The number of rotatable bonds is 1. The second-order valence-electron chi connectivity index (χ2n) is 2.92. The van der Waals surface area contributed by atoms with Crippen LogP contribution in [0.3, 0.4) is 0 Å².